The van der Waals surface area contributed by atoms with Crippen LogP contribution in [0.2, 0.25) is 0 Å². The zero-order chi connectivity index (χ0) is 48.7. The summed E-state index contributed by atoms with van der Waals surface area (Å²) in [5.74, 6) is 3.46. The van der Waals surface area contributed by atoms with Crippen LogP contribution in [0.25, 0.3) is 21.8 Å². The van der Waals surface area contributed by atoms with E-state index >= 15 is 0 Å². The van der Waals surface area contributed by atoms with Crippen LogP contribution >= 0.6 is 0 Å². The van der Waals surface area contributed by atoms with Gasteiger partial charge < -0.3 is 43.8 Å². The van der Waals surface area contributed by atoms with Crippen LogP contribution in [0.3, 0.4) is 0 Å². The Labute approximate surface area is 414 Å². The maximum absolute atomic E-state index is 13.6. The van der Waals surface area contributed by atoms with Crippen LogP contribution in [0.1, 0.15) is 141 Å². The molecular weight excluding hydrogens is 881 g/mol. The van der Waals surface area contributed by atoms with Gasteiger partial charge >= 0.3 is 6.09 Å². The van der Waals surface area contributed by atoms with Crippen molar-refractivity contribution in [1.82, 2.24) is 29.6 Å². The van der Waals surface area contributed by atoms with E-state index in [0.29, 0.717) is 25.6 Å². The number of likely N-dealkylation sites (tertiary alicyclic amines) is 2. The molecule has 3 aliphatic carbocycles. The summed E-state index contributed by atoms with van der Waals surface area (Å²) in [6.07, 6.45) is 16.9. The molecule has 2 N–H and O–H groups in total. The predicted molar refractivity (Wildman–Crippen MR) is 272 cm³/mol. The van der Waals surface area contributed by atoms with E-state index in [0.717, 1.165) is 126 Å². The highest BCUT2D eigenvalue weighted by Gasteiger charge is 2.36. The molecule has 2 aromatic heterocycles. The number of hydrogen-bond donors (Lipinski definition) is 2. The van der Waals surface area contributed by atoms with Crippen molar-refractivity contribution in [2.75, 3.05) is 52.6 Å². The van der Waals surface area contributed by atoms with Gasteiger partial charge in [-0.2, -0.15) is 0 Å². The molecule has 378 valence electrons. The lowest BCUT2D eigenvalue weighted by Crippen LogP contribution is -2.50. The zero-order valence-corrected chi connectivity index (χ0v) is 42.6. The number of amides is 4. The van der Waals surface area contributed by atoms with Gasteiger partial charge in [0.05, 0.1) is 0 Å². The van der Waals surface area contributed by atoms with Gasteiger partial charge in [-0.15, -0.1) is 0 Å². The normalized spacial score (nSPS) is 24.6. The molecule has 13 nitrogen and oxygen atoms in total. The summed E-state index contributed by atoms with van der Waals surface area (Å²) in [6.45, 7) is 11.8. The SMILES string of the molecule is Cn1c2c(c3cc(C(=O)N4CCC[C@H](NC(=O)C5CC5)C4)ccc31)C[C@H](C1CCOCC1)CC2.Cn1c2c(c3cc(C(=O)N4CCC[C@H](NC(=O)OC(C)(C)C)C4)ccc31)C[C@H](C1CCOCC1)CC2. The van der Waals surface area contributed by atoms with E-state index in [1.807, 2.05) is 42.7 Å². The van der Waals surface area contributed by atoms with Gasteiger partial charge in [-0.05, 0) is 195 Å². The number of nitrogens with zero attached hydrogens (tertiary/aromatic N) is 4. The average molecular weight is 959 g/mol. The maximum Gasteiger partial charge on any atom is 0.407 e. The van der Waals surface area contributed by atoms with Crippen LogP contribution in [0.4, 0.5) is 4.79 Å². The van der Waals surface area contributed by atoms with Crippen LogP contribution in [-0.2, 0) is 58.8 Å². The van der Waals surface area contributed by atoms with Gasteiger partial charge in [0.2, 0.25) is 5.91 Å². The molecule has 4 aliphatic heterocycles. The van der Waals surface area contributed by atoms with E-state index < -0.39 is 11.7 Å². The first-order chi connectivity index (χ1) is 33.8. The monoisotopic (exact) mass is 959 g/mol. The Balaban J connectivity index is 0.000000162. The van der Waals surface area contributed by atoms with Gasteiger partial charge in [0.1, 0.15) is 5.60 Å². The Hall–Kier alpha value is -4.88. The number of carbonyl (C=O) groups is 4. The van der Waals surface area contributed by atoms with Crippen LogP contribution in [0.15, 0.2) is 36.4 Å². The van der Waals surface area contributed by atoms with Crippen LogP contribution in [0, 0.1) is 29.6 Å². The second-order valence-electron chi connectivity index (χ2n) is 22.9. The topological polar surface area (TPSA) is 136 Å². The molecule has 4 saturated heterocycles. The zero-order valence-electron chi connectivity index (χ0n) is 42.6. The Morgan fingerprint density at radius 1 is 0.586 bits per heavy atom. The van der Waals surface area contributed by atoms with Crippen molar-refractivity contribution in [2.45, 2.75) is 141 Å². The van der Waals surface area contributed by atoms with E-state index in [1.54, 1.807) is 0 Å². The molecule has 0 spiro atoms. The lowest BCUT2D eigenvalue weighted by atomic mass is 9.75. The molecule has 13 heteroatoms. The molecule has 6 heterocycles. The second kappa shape index (κ2) is 20.7. The number of piperidine rings is 2. The number of hydrogen-bond acceptors (Lipinski definition) is 7. The quantitative estimate of drug-likeness (QED) is 0.189. The molecule has 4 aromatic rings. The highest BCUT2D eigenvalue weighted by atomic mass is 16.6. The van der Waals surface area contributed by atoms with Crippen LogP contribution < -0.4 is 10.6 Å². The van der Waals surface area contributed by atoms with Gasteiger partial charge in [0, 0.05) is 129 Å². The highest BCUT2D eigenvalue weighted by Crippen LogP contribution is 2.41. The average Bonchev–Trinajstić information content (AvgIpc) is 4.15. The minimum Gasteiger partial charge on any atom is -0.444 e. The number of ether oxygens (including phenoxy) is 3. The summed E-state index contributed by atoms with van der Waals surface area (Å²) in [5.41, 5.74) is 9.21. The molecular formula is C57H78N6O7. The van der Waals surface area contributed by atoms with Gasteiger partial charge in [-0.25, -0.2) is 4.79 Å². The van der Waals surface area contributed by atoms with E-state index in [1.165, 1.54) is 82.8 Å². The summed E-state index contributed by atoms with van der Waals surface area (Å²) < 4.78 is 21.3. The Bertz CT molecular complexity index is 2570. The van der Waals surface area contributed by atoms with Crippen molar-refractivity contribution < 1.29 is 33.4 Å². The lowest BCUT2D eigenvalue weighted by molar-refractivity contribution is -0.123. The third-order valence-electron chi connectivity index (χ3n) is 17.1. The van der Waals surface area contributed by atoms with Crippen LogP contribution in [-0.4, -0.2) is 113 Å². The van der Waals surface area contributed by atoms with Gasteiger partial charge in [0.15, 0.2) is 0 Å². The first kappa shape index (κ1) is 48.7. The number of aryl methyl sites for hydroxylation is 2. The number of rotatable bonds is 7. The minimum atomic E-state index is -0.539. The minimum absolute atomic E-state index is 0.0435. The Kier molecular flexibility index (Phi) is 14.4. The van der Waals surface area contributed by atoms with E-state index in [4.69, 9.17) is 14.2 Å². The molecule has 70 heavy (non-hydrogen) atoms. The third-order valence-corrected chi connectivity index (χ3v) is 17.1. The van der Waals surface area contributed by atoms with Crippen molar-refractivity contribution in [3.05, 3.63) is 70.0 Å². The highest BCUT2D eigenvalue weighted by molar-refractivity contribution is 6.00. The summed E-state index contributed by atoms with van der Waals surface area (Å²) in [4.78, 5) is 55.4. The first-order valence-electron chi connectivity index (χ1n) is 27.0. The number of carbonyl (C=O) groups excluding carboxylic acids is 4. The summed E-state index contributed by atoms with van der Waals surface area (Å²) in [6, 6.07) is 12.5. The Morgan fingerprint density at radius 2 is 1.04 bits per heavy atom. The fourth-order valence-electron chi connectivity index (χ4n) is 13.1. The van der Waals surface area contributed by atoms with Crippen molar-refractivity contribution in [3.8, 4) is 0 Å². The number of fused-ring (bicyclic) bond motifs is 6. The van der Waals surface area contributed by atoms with Crippen molar-refractivity contribution in [1.29, 1.82) is 0 Å². The number of benzene rings is 2. The van der Waals surface area contributed by atoms with Gasteiger partial charge in [0.25, 0.3) is 11.8 Å². The molecule has 7 aliphatic rings. The van der Waals surface area contributed by atoms with E-state index in [9.17, 15) is 19.2 Å². The fourth-order valence-corrected chi connectivity index (χ4v) is 13.1. The van der Waals surface area contributed by atoms with Crippen molar-refractivity contribution in [2.24, 2.45) is 43.7 Å². The molecule has 2 aromatic carbocycles. The molecule has 0 unspecified atom stereocenters. The third kappa shape index (κ3) is 10.7. The second-order valence-corrected chi connectivity index (χ2v) is 22.9. The number of aromatic nitrogens is 2. The number of nitrogens with one attached hydrogen (secondary N) is 2. The molecule has 5 fully saturated rings. The Morgan fingerprint density at radius 3 is 1.49 bits per heavy atom. The standard InChI is InChI=1S/C29H41N3O4.C28H37N3O3/c1-29(2,3)36-28(34)30-22-6-5-13-32(18-22)27(33)21-8-10-26-24(17-21)23-16-20(7-9-25(23)31(26)4)19-11-14-35-15-12-19;1-30-25-8-6-20(18-10-13-34-14-11-18)15-23(25)24-16-21(7-9-26(24)30)28(33)31-12-2-3-22(17-31)29-27(32)19-4-5-19/h8,10,17,19-20,22H,5-7,9,11-16,18H2,1-4H3,(H,30,34);7,9,16,18-20,22H,2-6,8,10-15,17H2,1H3,(H,29,32)/t2*20-,22+/m11/s1. The molecule has 1 saturated carbocycles. The first-order valence-corrected chi connectivity index (χ1v) is 27.0. The largest absolute Gasteiger partial charge is 0.444 e. The predicted octanol–water partition coefficient (Wildman–Crippen LogP) is 8.68. The molecule has 4 atom stereocenters. The summed E-state index contributed by atoms with van der Waals surface area (Å²) in [7, 11) is 4.34. The van der Waals surface area contributed by atoms with Gasteiger partial charge in [-0.1, -0.05) is 0 Å². The van der Waals surface area contributed by atoms with Gasteiger partial charge in [-0.3, -0.25) is 14.4 Å². The smallest absolute Gasteiger partial charge is 0.407 e. The molecule has 0 radical (unpaired) electrons. The van der Waals surface area contributed by atoms with E-state index in [2.05, 4.69) is 58.1 Å². The lowest BCUT2D eigenvalue weighted by Gasteiger charge is -2.34. The van der Waals surface area contributed by atoms with Crippen molar-refractivity contribution in [3.63, 3.8) is 0 Å². The van der Waals surface area contributed by atoms with E-state index in [-0.39, 0.29) is 35.7 Å². The summed E-state index contributed by atoms with van der Waals surface area (Å²) in [5, 5.41) is 8.63. The van der Waals surface area contributed by atoms with Crippen molar-refractivity contribution >= 4 is 45.6 Å². The maximum atomic E-state index is 13.6. The summed E-state index contributed by atoms with van der Waals surface area (Å²) >= 11 is 0. The fraction of sp³-hybridized carbons (Fsp3) is 0.649. The number of alkyl carbamates (subject to hydrolysis) is 1. The van der Waals surface area contributed by atoms with Crippen LogP contribution in [0.5, 0.6) is 0 Å². The molecule has 4 amide bonds. The molecule has 0 bridgehead atoms. The molecule has 11 rings (SSSR count).